The van der Waals surface area contributed by atoms with Gasteiger partial charge in [-0.2, -0.15) is 0 Å². The van der Waals surface area contributed by atoms with E-state index in [1.165, 1.54) is 6.26 Å². The highest BCUT2D eigenvalue weighted by Gasteiger charge is 2.35. The molecule has 1 aromatic rings. The molecule has 1 atom stereocenters. The molecule has 0 bridgehead atoms. The van der Waals surface area contributed by atoms with Crippen molar-refractivity contribution in [3.05, 3.63) is 28.8 Å². The molecule has 0 spiro atoms. The van der Waals surface area contributed by atoms with Gasteiger partial charge in [0.25, 0.3) is 0 Å². The van der Waals surface area contributed by atoms with Crippen LogP contribution in [-0.4, -0.2) is 20.3 Å². The Morgan fingerprint density at radius 1 is 1.26 bits per heavy atom. The van der Waals surface area contributed by atoms with Gasteiger partial charge < -0.3 is 4.74 Å². The predicted octanol–water partition coefficient (Wildman–Crippen LogP) is 2.45. The molecule has 1 aliphatic heterocycles. The van der Waals surface area contributed by atoms with Crippen LogP contribution in [0.15, 0.2) is 12.1 Å². The number of aryl methyl sites for hydroxylation is 2. The van der Waals surface area contributed by atoms with Crippen molar-refractivity contribution in [3.8, 4) is 5.75 Å². The minimum absolute atomic E-state index is 0.229. The monoisotopic (exact) mass is 283 g/mol. The molecule has 106 valence electrons. The zero-order chi connectivity index (χ0) is 14.4. The number of benzene rings is 1. The van der Waals surface area contributed by atoms with Gasteiger partial charge in [-0.25, -0.2) is 13.1 Å². The zero-order valence-corrected chi connectivity index (χ0v) is 12.9. The summed E-state index contributed by atoms with van der Waals surface area (Å²) in [7, 11) is -3.25. The Morgan fingerprint density at radius 3 is 2.42 bits per heavy atom. The smallest absolute Gasteiger partial charge is 0.209 e. The first kappa shape index (κ1) is 14.3. The average molecular weight is 283 g/mol. The number of rotatable bonds is 2. The van der Waals surface area contributed by atoms with E-state index in [1.54, 1.807) is 0 Å². The molecule has 1 aliphatic rings. The van der Waals surface area contributed by atoms with Gasteiger partial charge in [-0.15, -0.1) is 0 Å². The van der Waals surface area contributed by atoms with Crippen molar-refractivity contribution in [1.29, 1.82) is 0 Å². The Hall–Kier alpha value is -1.07. The lowest BCUT2D eigenvalue weighted by atomic mass is 9.88. The van der Waals surface area contributed by atoms with E-state index in [2.05, 4.69) is 4.72 Å². The summed E-state index contributed by atoms with van der Waals surface area (Å²) in [6.07, 6.45) is 1.81. The van der Waals surface area contributed by atoms with Crippen LogP contribution in [0.3, 0.4) is 0 Å². The summed E-state index contributed by atoms with van der Waals surface area (Å²) in [6, 6.07) is 3.78. The van der Waals surface area contributed by atoms with E-state index in [4.69, 9.17) is 4.74 Å². The SMILES string of the molecule is Cc1cc2c(cc1C)C(NS(C)(=O)=O)CC(C)(C)O2. The Bertz CT molecular complexity index is 605. The van der Waals surface area contributed by atoms with Gasteiger partial charge in [0, 0.05) is 12.0 Å². The van der Waals surface area contributed by atoms with Crippen LogP contribution < -0.4 is 9.46 Å². The molecule has 5 heteroatoms. The number of sulfonamides is 1. The number of hydrogen-bond donors (Lipinski definition) is 1. The molecule has 0 aliphatic carbocycles. The van der Waals surface area contributed by atoms with E-state index < -0.39 is 10.0 Å². The minimum Gasteiger partial charge on any atom is -0.487 e. The molecule has 19 heavy (non-hydrogen) atoms. The largest absolute Gasteiger partial charge is 0.487 e. The van der Waals surface area contributed by atoms with Crippen LogP contribution in [0, 0.1) is 13.8 Å². The fraction of sp³-hybridized carbons (Fsp3) is 0.571. The molecule has 1 N–H and O–H groups in total. The highest BCUT2D eigenvalue weighted by Crippen LogP contribution is 2.40. The van der Waals surface area contributed by atoms with E-state index in [9.17, 15) is 8.42 Å². The normalized spacial score (nSPS) is 21.6. The lowest BCUT2D eigenvalue weighted by Gasteiger charge is -2.38. The maximum atomic E-state index is 11.5. The van der Waals surface area contributed by atoms with Gasteiger partial charge in [0.05, 0.1) is 12.3 Å². The summed E-state index contributed by atoms with van der Waals surface area (Å²) in [6.45, 7) is 8.00. The molecular weight excluding hydrogens is 262 g/mol. The fourth-order valence-corrected chi connectivity index (χ4v) is 3.20. The molecule has 1 heterocycles. The molecular formula is C14H21NO3S. The maximum Gasteiger partial charge on any atom is 0.209 e. The van der Waals surface area contributed by atoms with Crippen molar-refractivity contribution >= 4 is 10.0 Å². The van der Waals surface area contributed by atoms with Crippen molar-refractivity contribution in [2.75, 3.05) is 6.26 Å². The van der Waals surface area contributed by atoms with Crippen LogP contribution >= 0.6 is 0 Å². The first-order valence-electron chi connectivity index (χ1n) is 6.35. The molecule has 1 unspecified atom stereocenters. The van der Waals surface area contributed by atoms with Crippen LogP contribution in [-0.2, 0) is 10.0 Å². The Morgan fingerprint density at radius 2 is 1.84 bits per heavy atom. The lowest BCUT2D eigenvalue weighted by Crippen LogP contribution is -2.41. The van der Waals surface area contributed by atoms with Crippen molar-refractivity contribution in [2.45, 2.75) is 45.8 Å². The summed E-state index contributed by atoms with van der Waals surface area (Å²) in [5.74, 6) is 0.778. The van der Waals surface area contributed by atoms with Crippen LogP contribution in [0.4, 0.5) is 0 Å². The van der Waals surface area contributed by atoms with Crippen molar-refractivity contribution in [1.82, 2.24) is 4.72 Å². The molecule has 2 rings (SSSR count). The summed E-state index contributed by atoms with van der Waals surface area (Å²) in [5.41, 5.74) is 2.83. The molecule has 4 nitrogen and oxygen atoms in total. The van der Waals surface area contributed by atoms with Crippen molar-refractivity contribution < 1.29 is 13.2 Å². The second kappa shape index (κ2) is 4.49. The highest BCUT2D eigenvalue weighted by molar-refractivity contribution is 7.88. The van der Waals surface area contributed by atoms with E-state index in [1.807, 2.05) is 39.8 Å². The second-order valence-electron chi connectivity index (χ2n) is 5.98. The van der Waals surface area contributed by atoms with Crippen LogP contribution in [0.1, 0.15) is 43.0 Å². The Kier molecular flexibility index (Phi) is 3.39. The van der Waals surface area contributed by atoms with Gasteiger partial charge in [0.2, 0.25) is 10.0 Å². The molecule has 0 saturated heterocycles. The van der Waals surface area contributed by atoms with Gasteiger partial charge in [-0.3, -0.25) is 0 Å². The molecule has 1 aromatic carbocycles. The number of ether oxygens (including phenoxy) is 1. The van der Waals surface area contributed by atoms with Gasteiger partial charge in [0.1, 0.15) is 11.4 Å². The third-order valence-electron chi connectivity index (χ3n) is 3.44. The third kappa shape index (κ3) is 3.28. The number of hydrogen-bond acceptors (Lipinski definition) is 3. The quantitative estimate of drug-likeness (QED) is 0.907. The van der Waals surface area contributed by atoms with Gasteiger partial charge in [-0.05, 0) is 44.9 Å². The van der Waals surface area contributed by atoms with Gasteiger partial charge in [0.15, 0.2) is 0 Å². The van der Waals surface area contributed by atoms with Gasteiger partial charge in [-0.1, -0.05) is 6.07 Å². The minimum atomic E-state index is -3.25. The van der Waals surface area contributed by atoms with Crippen molar-refractivity contribution in [3.63, 3.8) is 0 Å². The second-order valence-corrected chi connectivity index (χ2v) is 7.76. The maximum absolute atomic E-state index is 11.5. The molecule has 0 amide bonds. The standard InChI is InChI=1S/C14H21NO3S/c1-9-6-11-12(15-19(5,16)17)8-14(3,4)18-13(11)7-10(9)2/h6-7,12,15H,8H2,1-5H3. The van der Waals surface area contributed by atoms with E-state index in [-0.39, 0.29) is 11.6 Å². The zero-order valence-electron chi connectivity index (χ0n) is 12.1. The summed E-state index contributed by atoms with van der Waals surface area (Å²) < 4.78 is 31.7. The number of nitrogens with one attached hydrogen (secondary N) is 1. The van der Waals surface area contributed by atoms with Crippen molar-refractivity contribution in [2.24, 2.45) is 0 Å². The van der Waals surface area contributed by atoms with Crippen LogP contribution in [0.2, 0.25) is 0 Å². The lowest BCUT2D eigenvalue weighted by molar-refractivity contribution is 0.0701. The average Bonchev–Trinajstić information content (AvgIpc) is 2.17. The Labute approximate surface area is 115 Å². The van der Waals surface area contributed by atoms with Crippen LogP contribution in [0.25, 0.3) is 0 Å². The van der Waals surface area contributed by atoms with E-state index in [0.717, 1.165) is 22.4 Å². The predicted molar refractivity (Wildman–Crippen MR) is 76.0 cm³/mol. The van der Waals surface area contributed by atoms with E-state index >= 15 is 0 Å². The van der Waals surface area contributed by atoms with Gasteiger partial charge >= 0.3 is 0 Å². The van der Waals surface area contributed by atoms with Crippen LogP contribution in [0.5, 0.6) is 5.75 Å². The third-order valence-corrected chi connectivity index (χ3v) is 4.15. The topological polar surface area (TPSA) is 55.4 Å². The molecule has 0 saturated carbocycles. The first-order chi connectivity index (χ1) is 8.57. The molecule has 0 radical (unpaired) electrons. The summed E-state index contributed by atoms with van der Waals surface area (Å²) in [5, 5.41) is 0. The fourth-order valence-electron chi connectivity index (χ4n) is 2.48. The van der Waals surface area contributed by atoms with E-state index in [0.29, 0.717) is 6.42 Å². The Balaban J connectivity index is 2.50. The molecule has 0 aromatic heterocycles. The first-order valence-corrected chi connectivity index (χ1v) is 8.24. The summed E-state index contributed by atoms with van der Waals surface area (Å²) in [4.78, 5) is 0. The number of fused-ring (bicyclic) bond motifs is 1. The highest BCUT2D eigenvalue weighted by atomic mass is 32.2. The summed E-state index contributed by atoms with van der Waals surface area (Å²) >= 11 is 0. The molecule has 0 fully saturated rings.